The SMILES string of the molecule is O=C(NO)c1cnc2c(c1F)CCN(C1CC3(CCCCC3)C1)C2. The minimum absolute atomic E-state index is 0.186. The van der Waals surface area contributed by atoms with E-state index in [1.807, 2.05) is 0 Å². The molecular weight excluding hydrogens is 309 g/mol. The smallest absolute Gasteiger partial charge is 0.279 e. The molecule has 2 N–H and O–H groups in total. The number of carbonyl (C=O) groups excluding carboxylic acids is 1. The first-order valence-electron chi connectivity index (χ1n) is 8.97. The molecule has 0 atom stereocenters. The lowest BCUT2D eigenvalue weighted by Gasteiger charge is -2.54. The van der Waals surface area contributed by atoms with Crippen LogP contribution in [-0.2, 0) is 13.0 Å². The summed E-state index contributed by atoms with van der Waals surface area (Å²) >= 11 is 0. The molecule has 5 nitrogen and oxygen atoms in total. The van der Waals surface area contributed by atoms with Crippen LogP contribution in [0.15, 0.2) is 6.20 Å². The minimum Gasteiger partial charge on any atom is -0.294 e. The molecule has 2 fully saturated rings. The number of aromatic nitrogens is 1. The summed E-state index contributed by atoms with van der Waals surface area (Å²) in [5, 5.41) is 8.69. The van der Waals surface area contributed by atoms with E-state index in [0.29, 0.717) is 30.0 Å². The lowest BCUT2D eigenvalue weighted by molar-refractivity contribution is -0.0315. The minimum atomic E-state index is -0.844. The van der Waals surface area contributed by atoms with Gasteiger partial charge in [0.2, 0.25) is 0 Å². The maximum absolute atomic E-state index is 14.5. The van der Waals surface area contributed by atoms with Gasteiger partial charge in [-0.25, -0.2) is 9.87 Å². The van der Waals surface area contributed by atoms with Gasteiger partial charge in [0.25, 0.3) is 5.91 Å². The molecule has 24 heavy (non-hydrogen) atoms. The van der Waals surface area contributed by atoms with E-state index in [0.717, 1.165) is 12.2 Å². The van der Waals surface area contributed by atoms with Crippen molar-refractivity contribution in [3.05, 3.63) is 28.8 Å². The highest BCUT2D eigenvalue weighted by Crippen LogP contribution is 2.53. The van der Waals surface area contributed by atoms with Gasteiger partial charge in [0, 0.05) is 30.9 Å². The molecule has 6 heteroatoms. The number of hydrogen-bond acceptors (Lipinski definition) is 4. The summed E-state index contributed by atoms with van der Waals surface area (Å²) in [6.07, 6.45) is 11.2. The van der Waals surface area contributed by atoms with Crippen LogP contribution in [0.2, 0.25) is 0 Å². The molecule has 1 spiro atoms. The Kier molecular flexibility index (Phi) is 4.04. The molecule has 130 valence electrons. The molecule has 2 saturated carbocycles. The van der Waals surface area contributed by atoms with Crippen molar-refractivity contribution < 1.29 is 14.4 Å². The van der Waals surface area contributed by atoms with Gasteiger partial charge in [0.1, 0.15) is 5.82 Å². The largest absolute Gasteiger partial charge is 0.294 e. The van der Waals surface area contributed by atoms with Crippen molar-refractivity contribution in [3.63, 3.8) is 0 Å². The summed E-state index contributed by atoms with van der Waals surface area (Å²) < 4.78 is 14.5. The maximum atomic E-state index is 14.5. The Morgan fingerprint density at radius 3 is 2.79 bits per heavy atom. The quantitative estimate of drug-likeness (QED) is 0.645. The fraction of sp³-hybridized carbons (Fsp3) is 0.667. The molecule has 0 saturated heterocycles. The Balaban J connectivity index is 1.45. The van der Waals surface area contributed by atoms with E-state index in [4.69, 9.17) is 5.21 Å². The highest BCUT2D eigenvalue weighted by molar-refractivity contribution is 5.93. The second kappa shape index (κ2) is 6.08. The van der Waals surface area contributed by atoms with E-state index in [1.54, 1.807) is 0 Å². The fourth-order valence-electron chi connectivity index (χ4n) is 4.92. The number of nitrogens with one attached hydrogen (secondary N) is 1. The van der Waals surface area contributed by atoms with Gasteiger partial charge in [-0.05, 0) is 37.5 Å². The van der Waals surface area contributed by atoms with Crippen molar-refractivity contribution in [2.24, 2.45) is 5.41 Å². The topological polar surface area (TPSA) is 65.5 Å². The van der Waals surface area contributed by atoms with Gasteiger partial charge in [0.15, 0.2) is 0 Å². The Morgan fingerprint density at radius 1 is 1.33 bits per heavy atom. The van der Waals surface area contributed by atoms with Crippen LogP contribution in [0.25, 0.3) is 0 Å². The molecule has 1 aromatic rings. The van der Waals surface area contributed by atoms with Crippen LogP contribution in [-0.4, -0.2) is 33.6 Å². The first-order chi connectivity index (χ1) is 11.6. The van der Waals surface area contributed by atoms with Gasteiger partial charge < -0.3 is 0 Å². The molecule has 2 aliphatic carbocycles. The second-order valence-corrected chi connectivity index (χ2v) is 7.70. The predicted molar refractivity (Wildman–Crippen MR) is 86.1 cm³/mol. The molecule has 1 aliphatic heterocycles. The summed E-state index contributed by atoms with van der Waals surface area (Å²) in [6.45, 7) is 1.48. The summed E-state index contributed by atoms with van der Waals surface area (Å²) in [7, 11) is 0. The number of hydrogen-bond donors (Lipinski definition) is 2. The van der Waals surface area contributed by atoms with Gasteiger partial charge in [-0.1, -0.05) is 19.3 Å². The summed E-state index contributed by atoms with van der Waals surface area (Å²) in [5.41, 5.74) is 3.14. The molecular formula is C18H24FN3O2. The third kappa shape index (κ3) is 2.62. The Labute approximate surface area is 141 Å². The van der Waals surface area contributed by atoms with Gasteiger partial charge in [-0.2, -0.15) is 0 Å². The molecule has 1 aromatic heterocycles. The Hall–Kier alpha value is -1.53. The van der Waals surface area contributed by atoms with Crippen LogP contribution < -0.4 is 5.48 Å². The van der Waals surface area contributed by atoms with Crippen molar-refractivity contribution in [2.75, 3.05) is 6.54 Å². The van der Waals surface area contributed by atoms with Crippen molar-refractivity contribution >= 4 is 5.91 Å². The summed E-state index contributed by atoms with van der Waals surface area (Å²) in [6, 6.07) is 0.599. The molecule has 0 aromatic carbocycles. The standard InChI is InChI=1S/C18H24FN3O2/c19-16-13-4-7-22(11-15(13)20-10-14(16)17(23)21-24)12-8-18(9-12)5-2-1-3-6-18/h10,12,24H,1-9,11H2,(H,21,23). The number of fused-ring (bicyclic) bond motifs is 1. The maximum Gasteiger partial charge on any atom is 0.279 e. The van der Waals surface area contributed by atoms with E-state index in [1.165, 1.54) is 56.6 Å². The van der Waals surface area contributed by atoms with Gasteiger partial charge >= 0.3 is 0 Å². The normalized spacial score (nSPS) is 23.6. The molecule has 4 rings (SSSR count). The lowest BCUT2D eigenvalue weighted by atomic mass is 9.58. The number of halogens is 1. The number of amides is 1. The monoisotopic (exact) mass is 333 g/mol. The van der Waals surface area contributed by atoms with Gasteiger partial charge in [0.05, 0.1) is 11.3 Å². The van der Waals surface area contributed by atoms with Crippen molar-refractivity contribution in [1.29, 1.82) is 0 Å². The highest BCUT2D eigenvalue weighted by Gasteiger charge is 2.47. The van der Waals surface area contributed by atoms with Crippen LogP contribution in [0.5, 0.6) is 0 Å². The third-order valence-electron chi connectivity index (χ3n) is 6.32. The van der Waals surface area contributed by atoms with E-state index in [-0.39, 0.29) is 5.56 Å². The average Bonchev–Trinajstić information content (AvgIpc) is 2.59. The summed E-state index contributed by atoms with van der Waals surface area (Å²) in [5.74, 6) is -1.38. The number of rotatable bonds is 2. The zero-order valence-corrected chi connectivity index (χ0v) is 13.9. The van der Waals surface area contributed by atoms with Crippen molar-refractivity contribution in [1.82, 2.24) is 15.4 Å². The predicted octanol–water partition coefficient (Wildman–Crippen LogP) is 2.81. The number of hydroxylamine groups is 1. The third-order valence-corrected chi connectivity index (χ3v) is 6.32. The van der Waals surface area contributed by atoms with Crippen LogP contribution in [0.3, 0.4) is 0 Å². The molecule has 0 bridgehead atoms. The van der Waals surface area contributed by atoms with E-state index in [9.17, 15) is 9.18 Å². The average molecular weight is 333 g/mol. The zero-order chi connectivity index (χ0) is 16.7. The number of carbonyl (C=O) groups is 1. The summed E-state index contributed by atoms with van der Waals surface area (Å²) in [4.78, 5) is 18.2. The van der Waals surface area contributed by atoms with Crippen molar-refractivity contribution in [2.45, 2.75) is 64.0 Å². The Morgan fingerprint density at radius 2 is 2.08 bits per heavy atom. The fourth-order valence-corrected chi connectivity index (χ4v) is 4.92. The van der Waals surface area contributed by atoms with Crippen LogP contribution in [0.1, 0.15) is 66.6 Å². The van der Waals surface area contributed by atoms with E-state index in [2.05, 4.69) is 9.88 Å². The Bertz CT molecular complexity index is 650. The van der Waals surface area contributed by atoms with Crippen LogP contribution in [0.4, 0.5) is 4.39 Å². The van der Waals surface area contributed by atoms with Crippen molar-refractivity contribution in [3.8, 4) is 0 Å². The first kappa shape index (κ1) is 16.0. The highest BCUT2D eigenvalue weighted by atomic mass is 19.1. The molecule has 3 aliphatic rings. The molecule has 2 heterocycles. The second-order valence-electron chi connectivity index (χ2n) is 7.70. The van der Waals surface area contributed by atoms with Crippen LogP contribution in [0, 0.1) is 11.2 Å². The van der Waals surface area contributed by atoms with Gasteiger partial charge in [-0.15, -0.1) is 0 Å². The zero-order valence-electron chi connectivity index (χ0n) is 13.9. The first-order valence-corrected chi connectivity index (χ1v) is 8.97. The molecule has 0 radical (unpaired) electrons. The lowest BCUT2D eigenvalue weighted by Crippen LogP contribution is -2.53. The molecule has 1 amide bonds. The van der Waals surface area contributed by atoms with E-state index >= 15 is 0 Å². The molecule has 0 unspecified atom stereocenters. The number of nitrogens with zero attached hydrogens (tertiary/aromatic N) is 2. The number of pyridine rings is 1. The van der Waals surface area contributed by atoms with Crippen LogP contribution >= 0.6 is 0 Å². The van der Waals surface area contributed by atoms with Gasteiger partial charge in [-0.3, -0.25) is 19.9 Å². The van der Waals surface area contributed by atoms with E-state index < -0.39 is 11.7 Å².